The summed E-state index contributed by atoms with van der Waals surface area (Å²) in [4.78, 5) is 27.0. The summed E-state index contributed by atoms with van der Waals surface area (Å²) in [6.07, 6.45) is -4.90. The molecule has 7 nitrogen and oxygen atoms in total. The summed E-state index contributed by atoms with van der Waals surface area (Å²) in [6.45, 7) is 0.250. The first-order chi connectivity index (χ1) is 18.7. The Labute approximate surface area is 244 Å². The number of benzene rings is 3. The number of likely N-dealkylation sites (N-methyl/N-ethyl adjacent to an activating group) is 1. The summed E-state index contributed by atoms with van der Waals surface area (Å²) in [5.41, 5.74) is -1.33. The van der Waals surface area contributed by atoms with Crippen LogP contribution < -0.4 is 9.62 Å². The second-order valence-electron chi connectivity index (χ2n) is 8.53. The SMILES string of the molecule is CNC(=O)C(C)N(Cc1ccc(Cl)cc1Cl)C(=O)CN(c1ccc(Cl)c(C(F)(F)F)c1)S(=O)(=O)c1ccccc1. The Bertz CT molecular complexity index is 1510. The molecule has 1 N–H and O–H groups in total. The maximum atomic E-state index is 13.7. The van der Waals surface area contributed by atoms with E-state index in [2.05, 4.69) is 5.32 Å². The van der Waals surface area contributed by atoms with Crippen molar-refractivity contribution in [3.8, 4) is 0 Å². The van der Waals surface area contributed by atoms with Crippen molar-refractivity contribution >= 4 is 62.3 Å². The van der Waals surface area contributed by atoms with E-state index in [4.69, 9.17) is 34.8 Å². The third-order valence-electron chi connectivity index (χ3n) is 5.92. The van der Waals surface area contributed by atoms with E-state index < -0.39 is 56.9 Å². The number of hydrogen-bond donors (Lipinski definition) is 1. The maximum absolute atomic E-state index is 13.7. The predicted octanol–water partition coefficient (Wildman–Crippen LogP) is 6.02. The van der Waals surface area contributed by atoms with E-state index in [1.165, 1.54) is 56.4 Å². The number of anilines is 1. The number of hydrogen-bond acceptors (Lipinski definition) is 4. The minimum absolute atomic E-state index is 0.190. The van der Waals surface area contributed by atoms with Crippen molar-refractivity contribution in [3.05, 3.63) is 92.9 Å². The summed E-state index contributed by atoms with van der Waals surface area (Å²) >= 11 is 18.0. The molecule has 0 aromatic heterocycles. The lowest BCUT2D eigenvalue weighted by Crippen LogP contribution is -2.50. The number of nitrogens with zero attached hydrogens (tertiary/aromatic N) is 2. The highest BCUT2D eigenvalue weighted by Gasteiger charge is 2.37. The lowest BCUT2D eigenvalue weighted by molar-refractivity contribution is -0.139. The minimum atomic E-state index is -4.90. The molecule has 0 spiro atoms. The lowest BCUT2D eigenvalue weighted by Gasteiger charge is -2.32. The Morgan fingerprint density at radius 1 is 0.950 bits per heavy atom. The maximum Gasteiger partial charge on any atom is 0.417 e. The summed E-state index contributed by atoms with van der Waals surface area (Å²) in [7, 11) is -3.21. The second kappa shape index (κ2) is 12.7. The molecule has 0 saturated heterocycles. The third kappa shape index (κ3) is 7.20. The van der Waals surface area contributed by atoms with Crippen LogP contribution in [-0.4, -0.2) is 44.8 Å². The lowest BCUT2D eigenvalue weighted by atomic mass is 10.1. The van der Waals surface area contributed by atoms with Gasteiger partial charge in [0.1, 0.15) is 12.6 Å². The van der Waals surface area contributed by atoms with Crippen LogP contribution in [0.3, 0.4) is 0 Å². The summed E-state index contributed by atoms with van der Waals surface area (Å²) in [6, 6.07) is 12.8. The fourth-order valence-corrected chi connectivity index (χ4v) is 5.88. The molecule has 0 aliphatic carbocycles. The van der Waals surface area contributed by atoms with E-state index in [9.17, 15) is 31.2 Å². The van der Waals surface area contributed by atoms with Gasteiger partial charge in [0.2, 0.25) is 11.8 Å². The first-order valence-corrected chi connectivity index (χ1v) is 14.1. The van der Waals surface area contributed by atoms with Crippen molar-refractivity contribution in [1.29, 1.82) is 0 Å². The highest BCUT2D eigenvalue weighted by atomic mass is 35.5. The van der Waals surface area contributed by atoms with Gasteiger partial charge in [-0.3, -0.25) is 13.9 Å². The highest BCUT2D eigenvalue weighted by molar-refractivity contribution is 7.92. The standard InChI is InChI=1S/C26H23Cl3F3N3O4S/c1-16(25(37)33-2)34(14-17-8-9-18(27)12-23(17)29)24(36)15-35(40(38,39)20-6-4-3-5-7-20)19-10-11-22(28)21(13-19)26(30,31)32/h3-13,16H,14-15H2,1-2H3,(H,33,37). The van der Waals surface area contributed by atoms with Crippen LogP contribution in [0.1, 0.15) is 18.1 Å². The van der Waals surface area contributed by atoms with Crippen LogP contribution in [0.2, 0.25) is 15.1 Å². The molecular weight excluding hydrogens is 614 g/mol. The number of sulfonamides is 1. The molecule has 0 bridgehead atoms. The molecule has 0 heterocycles. The second-order valence-corrected chi connectivity index (χ2v) is 11.6. The Balaban J connectivity index is 2.13. The smallest absolute Gasteiger partial charge is 0.357 e. The van der Waals surface area contributed by atoms with Gasteiger partial charge in [-0.15, -0.1) is 0 Å². The van der Waals surface area contributed by atoms with Gasteiger partial charge in [0.25, 0.3) is 10.0 Å². The summed E-state index contributed by atoms with van der Waals surface area (Å²) < 4.78 is 68.8. The quantitative estimate of drug-likeness (QED) is 0.311. The first-order valence-electron chi connectivity index (χ1n) is 11.6. The molecule has 1 unspecified atom stereocenters. The van der Waals surface area contributed by atoms with Gasteiger partial charge in [-0.25, -0.2) is 8.42 Å². The Morgan fingerprint density at radius 2 is 1.60 bits per heavy atom. The molecule has 0 fully saturated rings. The molecule has 14 heteroatoms. The Hall–Kier alpha value is -2.99. The molecule has 214 valence electrons. The van der Waals surface area contributed by atoms with Gasteiger partial charge >= 0.3 is 6.18 Å². The van der Waals surface area contributed by atoms with Crippen LogP contribution in [0.5, 0.6) is 0 Å². The largest absolute Gasteiger partial charge is 0.417 e. The van der Waals surface area contributed by atoms with E-state index in [-0.39, 0.29) is 16.5 Å². The van der Waals surface area contributed by atoms with E-state index >= 15 is 0 Å². The number of amides is 2. The number of nitrogens with one attached hydrogen (secondary N) is 1. The monoisotopic (exact) mass is 635 g/mol. The first kappa shape index (κ1) is 31.5. The van der Waals surface area contributed by atoms with Gasteiger partial charge in [-0.05, 0) is 55.0 Å². The van der Waals surface area contributed by atoms with Crippen LogP contribution in [-0.2, 0) is 32.3 Å². The number of carbonyl (C=O) groups is 2. The molecule has 3 aromatic rings. The van der Waals surface area contributed by atoms with Crippen LogP contribution in [0.4, 0.5) is 18.9 Å². The minimum Gasteiger partial charge on any atom is -0.357 e. The van der Waals surface area contributed by atoms with Crippen LogP contribution >= 0.6 is 34.8 Å². The number of carbonyl (C=O) groups excluding carboxylic acids is 2. The fraction of sp³-hybridized carbons (Fsp3) is 0.231. The normalized spacial score (nSPS) is 12.5. The van der Waals surface area contributed by atoms with E-state index in [1.807, 2.05) is 0 Å². The summed E-state index contributed by atoms with van der Waals surface area (Å²) in [5, 5.41) is 2.29. The number of alkyl halides is 3. The zero-order chi connectivity index (χ0) is 29.8. The number of halogens is 6. The molecule has 0 saturated carbocycles. The average Bonchev–Trinajstić information content (AvgIpc) is 2.90. The predicted molar refractivity (Wildman–Crippen MR) is 148 cm³/mol. The fourth-order valence-electron chi connectivity index (χ4n) is 3.76. The zero-order valence-electron chi connectivity index (χ0n) is 21.0. The highest BCUT2D eigenvalue weighted by Crippen LogP contribution is 2.38. The van der Waals surface area contributed by atoms with Crippen molar-refractivity contribution in [2.45, 2.75) is 30.6 Å². The van der Waals surface area contributed by atoms with Crippen molar-refractivity contribution in [1.82, 2.24) is 10.2 Å². The van der Waals surface area contributed by atoms with Gasteiger partial charge in [-0.1, -0.05) is 59.1 Å². The topological polar surface area (TPSA) is 86.8 Å². The van der Waals surface area contributed by atoms with E-state index in [1.54, 1.807) is 6.07 Å². The molecule has 2 amide bonds. The van der Waals surface area contributed by atoms with Crippen LogP contribution in [0.15, 0.2) is 71.6 Å². The Morgan fingerprint density at radius 3 is 2.17 bits per heavy atom. The van der Waals surface area contributed by atoms with Gasteiger partial charge in [0.05, 0.1) is 21.2 Å². The van der Waals surface area contributed by atoms with E-state index in [0.717, 1.165) is 17.0 Å². The Kier molecular flexibility index (Phi) is 9.99. The molecular formula is C26H23Cl3F3N3O4S. The third-order valence-corrected chi connectivity index (χ3v) is 8.63. The molecule has 3 rings (SSSR count). The zero-order valence-corrected chi connectivity index (χ0v) is 24.1. The van der Waals surface area contributed by atoms with Crippen molar-refractivity contribution < 1.29 is 31.2 Å². The van der Waals surface area contributed by atoms with Crippen molar-refractivity contribution in [2.24, 2.45) is 0 Å². The molecule has 40 heavy (non-hydrogen) atoms. The molecule has 3 aromatic carbocycles. The van der Waals surface area contributed by atoms with E-state index in [0.29, 0.717) is 21.0 Å². The summed E-state index contributed by atoms with van der Waals surface area (Å²) in [5.74, 6) is -1.45. The molecule has 0 aliphatic rings. The number of rotatable bonds is 9. The van der Waals surface area contributed by atoms with Gasteiger partial charge in [-0.2, -0.15) is 13.2 Å². The van der Waals surface area contributed by atoms with Gasteiger partial charge in [0, 0.05) is 23.6 Å². The van der Waals surface area contributed by atoms with Crippen molar-refractivity contribution in [2.75, 3.05) is 17.9 Å². The molecule has 1 atom stereocenters. The van der Waals surface area contributed by atoms with Crippen LogP contribution in [0, 0.1) is 0 Å². The van der Waals surface area contributed by atoms with Gasteiger partial charge < -0.3 is 10.2 Å². The molecule has 0 aliphatic heterocycles. The van der Waals surface area contributed by atoms with Crippen LogP contribution in [0.25, 0.3) is 0 Å². The van der Waals surface area contributed by atoms with Gasteiger partial charge in [0.15, 0.2) is 0 Å². The molecule has 0 radical (unpaired) electrons. The average molecular weight is 637 g/mol. The van der Waals surface area contributed by atoms with Crippen molar-refractivity contribution in [3.63, 3.8) is 0 Å².